The van der Waals surface area contributed by atoms with Gasteiger partial charge in [-0.15, -0.1) is 0 Å². The number of anilines is 1. The van der Waals surface area contributed by atoms with E-state index >= 15 is 0 Å². The molecule has 4 rings (SSSR count). The van der Waals surface area contributed by atoms with Crippen LogP contribution in [0.2, 0.25) is 0 Å². The van der Waals surface area contributed by atoms with Crippen molar-refractivity contribution in [3.8, 4) is 11.3 Å². The Hall–Kier alpha value is -3.19. The highest BCUT2D eigenvalue weighted by atomic mass is 16.4. The van der Waals surface area contributed by atoms with Gasteiger partial charge in [0.1, 0.15) is 12.4 Å². The van der Waals surface area contributed by atoms with Crippen LogP contribution in [0.1, 0.15) is 46.1 Å². The molecule has 1 atom stereocenters. The summed E-state index contributed by atoms with van der Waals surface area (Å²) in [4.78, 5) is 23.4. The highest BCUT2D eigenvalue weighted by Gasteiger charge is 2.36. The van der Waals surface area contributed by atoms with Crippen molar-refractivity contribution in [1.82, 2.24) is 14.9 Å². The minimum absolute atomic E-state index is 0.187. The lowest BCUT2D eigenvalue weighted by Crippen LogP contribution is -2.28. The molecule has 0 saturated heterocycles. The monoisotopic (exact) mass is 364 g/mol. The molecule has 3 N–H and O–H groups in total. The zero-order valence-corrected chi connectivity index (χ0v) is 15.1. The molecule has 7 nitrogen and oxygen atoms in total. The van der Waals surface area contributed by atoms with E-state index in [2.05, 4.69) is 9.97 Å². The molecule has 0 radical (unpaired) electrons. The molecular weight excluding hydrogens is 344 g/mol. The van der Waals surface area contributed by atoms with Gasteiger partial charge in [-0.3, -0.25) is 4.79 Å². The molecule has 1 aromatic carbocycles. The maximum Gasteiger partial charge on any atom is 0.290 e. The number of hydrogen-bond donors (Lipinski definition) is 2. The number of rotatable bonds is 3. The highest BCUT2D eigenvalue weighted by Crippen LogP contribution is 2.38. The maximum atomic E-state index is 12.9. The molecule has 2 aromatic heterocycles. The quantitative estimate of drug-likeness (QED) is 0.740. The first-order chi connectivity index (χ1) is 13.0. The minimum Gasteiger partial charge on any atom is -0.453 e. The van der Waals surface area contributed by atoms with Crippen LogP contribution in [0.3, 0.4) is 0 Å². The summed E-state index contributed by atoms with van der Waals surface area (Å²) in [6.45, 7) is 4.05. The number of carbonyl (C=O) groups is 1. The van der Waals surface area contributed by atoms with E-state index in [0.717, 1.165) is 28.1 Å². The van der Waals surface area contributed by atoms with Gasteiger partial charge in [0.05, 0.1) is 24.0 Å². The van der Waals surface area contributed by atoms with E-state index in [1.54, 1.807) is 17.0 Å². The lowest BCUT2D eigenvalue weighted by atomic mass is 10.0. The number of nitrogen functional groups attached to an aromatic ring is 1. The molecule has 1 unspecified atom stereocenters. The molecular formula is C20H20N4O3. The molecule has 1 aliphatic heterocycles. The van der Waals surface area contributed by atoms with E-state index in [0.29, 0.717) is 12.3 Å². The minimum atomic E-state index is -0.260. The molecule has 0 spiro atoms. The van der Waals surface area contributed by atoms with Crippen molar-refractivity contribution in [3.63, 3.8) is 0 Å². The first-order valence-corrected chi connectivity index (χ1v) is 8.71. The van der Waals surface area contributed by atoms with Crippen LogP contribution in [0.5, 0.6) is 0 Å². The van der Waals surface area contributed by atoms with Gasteiger partial charge < -0.3 is 20.2 Å². The summed E-state index contributed by atoms with van der Waals surface area (Å²) in [5, 5.41) is 9.16. The lowest BCUT2D eigenvalue weighted by Gasteiger charge is -2.19. The van der Waals surface area contributed by atoms with E-state index in [4.69, 9.17) is 15.3 Å². The second-order valence-electron chi connectivity index (χ2n) is 6.70. The Balaban J connectivity index is 1.74. The van der Waals surface area contributed by atoms with Crippen LogP contribution < -0.4 is 5.73 Å². The molecule has 0 fully saturated rings. The van der Waals surface area contributed by atoms with Crippen LogP contribution in [0, 0.1) is 6.92 Å². The predicted molar refractivity (Wildman–Crippen MR) is 99.5 cm³/mol. The topological polar surface area (TPSA) is 105 Å². The second kappa shape index (κ2) is 6.51. The number of fused-ring (bicyclic) bond motifs is 1. The normalized spacial score (nSPS) is 15.8. The number of aryl methyl sites for hydroxylation is 1. The molecule has 1 amide bonds. The molecule has 0 aliphatic carbocycles. The summed E-state index contributed by atoms with van der Waals surface area (Å²) in [6, 6.07) is 10.9. The number of nitrogens with zero attached hydrogens (tertiary/aromatic N) is 3. The number of aliphatic hydroxyl groups is 1. The Kier molecular flexibility index (Phi) is 4.16. The Morgan fingerprint density at radius 3 is 2.85 bits per heavy atom. The van der Waals surface area contributed by atoms with Crippen LogP contribution in [0.15, 0.2) is 40.8 Å². The van der Waals surface area contributed by atoms with Crippen molar-refractivity contribution >= 4 is 11.9 Å². The number of aliphatic hydroxyl groups excluding tert-OH is 1. The summed E-state index contributed by atoms with van der Waals surface area (Å²) in [6.07, 6.45) is 0. The Morgan fingerprint density at radius 2 is 2.15 bits per heavy atom. The van der Waals surface area contributed by atoms with Crippen LogP contribution >= 0.6 is 0 Å². The van der Waals surface area contributed by atoms with E-state index in [9.17, 15) is 4.79 Å². The highest BCUT2D eigenvalue weighted by molar-refractivity contribution is 5.92. The third kappa shape index (κ3) is 2.96. The molecule has 1 aliphatic rings. The van der Waals surface area contributed by atoms with Crippen LogP contribution in [-0.4, -0.2) is 25.9 Å². The van der Waals surface area contributed by atoms with Crippen molar-refractivity contribution in [2.45, 2.75) is 33.0 Å². The first-order valence-electron chi connectivity index (χ1n) is 8.71. The largest absolute Gasteiger partial charge is 0.453 e. The summed E-state index contributed by atoms with van der Waals surface area (Å²) >= 11 is 0. The van der Waals surface area contributed by atoms with Crippen molar-refractivity contribution in [2.75, 3.05) is 5.73 Å². The summed E-state index contributed by atoms with van der Waals surface area (Å²) in [7, 11) is 0. The fraction of sp³-hybridized carbons (Fsp3) is 0.250. The van der Waals surface area contributed by atoms with Gasteiger partial charge in [0.2, 0.25) is 5.95 Å². The number of carbonyl (C=O) groups excluding carboxylic acids is 1. The van der Waals surface area contributed by atoms with E-state index in [1.165, 1.54) is 0 Å². The molecule has 138 valence electrons. The first kappa shape index (κ1) is 17.2. The number of nitrogens with two attached hydrogens (primary N) is 1. The summed E-state index contributed by atoms with van der Waals surface area (Å²) in [5.41, 5.74) is 10.4. The van der Waals surface area contributed by atoms with Gasteiger partial charge in [-0.05, 0) is 32.0 Å². The zero-order chi connectivity index (χ0) is 19.1. The molecule has 0 saturated carbocycles. The van der Waals surface area contributed by atoms with Gasteiger partial charge in [0.15, 0.2) is 5.76 Å². The Labute approximate surface area is 156 Å². The van der Waals surface area contributed by atoms with Crippen LogP contribution in [0.4, 0.5) is 5.95 Å². The molecule has 0 bridgehead atoms. The standard InChI is InChI=1S/C20H20N4O3/c1-11-4-3-5-13(8-11)18-15-9-24(12(2)17(15)22-20(21)23-18)19(26)16-7-6-14(10-25)27-16/h3-8,12,25H,9-10H2,1-2H3,(H2,21,22,23). The fourth-order valence-corrected chi connectivity index (χ4v) is 3.47. The number of aromatic nitrogens is 2. The third-order valence-corrected chi connectivity index (χ3v) is 4.83. The smallest absolute Gasteiger partial charge is 0.290 e. The van der Waals surface area contributed by atoms with Gasteiger partial charge in [-0.1, -0.05) is 23.8 Å². The zero-order valence-electron chi connectivity index (χ0n) is 15.1. The summed E-state index contributed by atoms with van der Waals surface area (Å²) in [5.74, 6) is 0.477. The summed E-state index contributed by atoms with van der Waals surface area (Å²) < 4.78 is 5.41. The maximum absolute atomic E-state index is 12.9. The lowest BCUT2D eigenvalue weighted by molar-refractivity contribution is 0.0666. The molecule has 27 heavy (non-hydrogen) atoms. The van der Waals surface area contributed by atoms with Gasteiger partial charge >= 0.3 is 0 Å². The van der Waals surface area contributed by atoms with E-state index < -0.39 is 0 Å². The van der Waals surface area contributed by atoms with Crippen molar-refractivity contribution < 1.29 is 14.3 Å². The number of benzene rings is 1. The van der Waals surface area contributed by atoms with E-state index in [1.807, 2.05) is 38.1 Å². The predicted octanol–water partition coefficient (Wildman–Crippen LogP) is 2.84. The molecule has 7 heteroatoms. The van der Waals surface area contributed by atoms with Gasteiger partial charge in [0.25, 0.3) is 5.91 Å². The average molecular weight is 364 g/mol. The Morgan fingerprint density at radius 1 is 1.33 bits per heavy atom. The number of hydrogen-bond acceptors (Lipinski definition) is 6. The molecule has 3 aromatic rings. The fourth-order valence-electron chi connectivity index (χ4n) is 3.47. The SMILES string of the molecule is Cc1cccc(-c2nc(N)nc3c2CN(C(=O)c2ccc(CO)o2)C3C)c1. The second-order valence-corrected chi connectivity index (χ2v) is 6.70. The van der Waals surface area contributed by atoms with Crippen molar-refractivity contribution in [3.05, 3.63) is 64.7 Å². The van der Waals surface area contributed by atoms with E-state index in [-0.39, 0.29) is 30.3 Å². The van der Waals surface area contributed by atoms with Crippen molar-refractivity contribution in [1.29, 1.82) is 0 Å². The van der Waals surface area contributed by atoms with Gasteiger partial charge in [-0.25, -0.2) is 9.97 Å². The van der Waals surface area contributed by atoms with Gasteiger partial charge in [-0.2, -0.15) is 0 Å². The average Bonchev–Trinajstić information content (AvgIpc) is 3.26. The van der Waals surface area contributed by atoms with Crippen LogP contribution in [-0.2, 0) is 13.2 Å². The number of amides is 1. The van der Waals surface area contributed by atoms with Crippen molar-refractivity contribution in [2.24, 2.45) is 0 Å². The number of furan rings is 1. The van der Waals surface area contributed by atoms with Gasteiger partial charge in [0, 0.05) is 11.1 Å². The molecule has 3 heterocycles. The third-order valence-electron chi connectivity index (χ3n) is 4.83. The van der Waals surface area contributed by atoms with Crippen LogP contribution in [0.25, 0.3) is 11.3 Å². The Bertz CT molecular complexity index is 1030.